The van der Waals surface area contributed by atoms with Gasteiger partial charge in [-0.25, -0.2) is 9.59 Å². The van der Waals surface area contributed by atoms with Gasteiger partial charge in [-0.3, -0.25) is 4.79 Å². The van der Waals surface area contributed by atoms with E-state index in [9.17, 15) is 14.4 Å². The molecule has 36 heavy (non-hydrogen) atoms. The number of ether oxygens (including phenoxy) is 1. The molecular weight excluding hydrogens is 462 g/mol. The van der Waals surface area contributed by atoms with E-state index in [0.717, 1.165) is 45.3 Å². The molecule has 1 saturated heterocycles. The molecule has 1 fully saturated rings. The number of carboxylic acids is 3. The van der Waals surface area contributed by atoms with Crippen LogP contribution in [0.4, 0.5) is 0 Å². The Morgan fingerprint density at radius 1 is 0.889 bits per heavy atom. The molecule has 2 aromatic rings. The predicted molar refractivity (Wildman–Crippen MR) is 136 cm³/mol. The summed E-state index contributed by atoms with van der Waals surface area (Å²) >= 11 is 0. The van der Waals surface area contributed by atoms with Gasteiger partial charge in [-0.2, -0.15) is 0 Å². The number of benzene rings is 2. The molecule has 0 bridgehead atoms. The molecule has 8 heteroatoms. The number of likely N-dealkylation sites (tertiary alicyclic amines) is 1. The number of hydrogen-bond acceptors (Lipinski definition) is 5. The quantitative estimate of drug-likeness (QED) is 0.305. The second-order valence-corrected chi connectivity index (χ2v) is 8.74. The van der Waals surface area contributed by atoms with Crippen LogP contribution in [-0.4, -0.2) is 63.9 Å². The molecule has 3 rings (SSSR count). The topological polar surface area (TPSA) is 124 Å². The lowest BCUT2D eigenvalue weighted by molar-refractivity contribution is -0.137. The Hall–Kier alpha value is -3.49. The molecule has 0 spiro atoms. The Morgan fingerprint density at radius 2 is 1.44 bits per heavy atom. The smallest absolute Gasteiger partial charge is 0.328 e. The van der Waals surface area contributed by atoms with Crippen LogP contribution in [0.2, 0.25) is 0 Å². The van der Waals surface area contributed by atoms with Gasteiger partial charge in [0.05, 0.1) is 6.10 Å². The largest absolute Gasteiger partial charge is 0.481 e. The molecule has 8 nitrogen and oxygen atoms in total. The Balaban J connectivity index is 0.000000493. The fourth-order valence-corrected chi connectivity index (χ4v) is 3.93. The van der Waals surface area contributed by atoms with Gasteiger partial charge in [-0.1, -0.05) is 60.2 Å². The van der Waals surface area contributed by atoms with E-state index in [0.29, 0.717) is 12.2 Å². The van der Waals surface area contributed by atoms with Crippen molar-refractivity contribution in [3.05, 3.63) is 83.4 Å². The summed E-state index contributed by atoms with van der Waals surface area (Å²) in [6, 6.07) is 19.1. The average molecular weight is 498 g/mol. The van der Waals surface area contributed by atoms with Crippen molar-refractivity contribution in [3.8, 4) is 0 Å². The molecule has 0 aliphatic carbocycles. The van der Waals surface area contributed by atoms with Crippen molar-refractivity contribution in [1.82, 2.24) is 4.90 Å². The number of carboxylic acid groups (broad SMARTS) is 3. The van der Waals surface area contributed by atoms with Crippen molar-refractivity contribution in [1.29, 1.82) is 0 Å². The Kier molecular flexibility index (Phi) is 12.4. The molecule has 1 unspecified atom stereocenters. The summed E-state index contributed by atoms with van der Waals surface area (Å²) in [5, 5.41) is 24.4. The zero-order valence-corrected chi connectivity index (χ0v) is 20.6. The highest BCUT2D eigenvalue weighted by Gasteiger charge is 2.24. The summed E-state index contributed by atoms with van der Waals surface area (Å²) in [4.78, 5) is 32.2. The molecule has 0 saturated carbocycles. The number of aliphatic carboxylic acids is 3. The van der Waals surface area contributed by atoms with Gasteiger partial charge in [-0.05, 0) is 50.3 Å². The van der Waals surface area contributed by atoms with Gasteiger partial charge in [-0.15, -0.1) is 0 Å². The minimum absolute atomic E-state index is 0.0334. The third kappa shape index (κ3) is 11.3. The first kappa shape index (κ1) is 28.7. The summed E-state index contributed by atoms with van der Waals surface area (Å²) in [7, 11) is 0. The van der Waals surface area contributed by atoms with Crippen molar-refractivity contribution in [3.63, 3.8) is 0 Å². The van der Waals surface area contributed by atoms with Crippen LogP contribution in [0.15, 0.2) is 66.7 Å². The van der Waals surface area contributed by atoms with Crippen LogP contribution in [0.5, 0.6) is 0 Å². The van der Waals surface area contributed by atoms with Crippen molar-refractivity contribution >= 4 is 17.9 Å². The summed E-state index contributed by atoms with van der Waals surface area (Å²) in [6.45, 7) is 5.13. The van der Waals surface area contributed by atoms with Crippen LogP contribution >= 0.6 is 0 Å². The van der Waals surface area contributed by atoms with Gasteiger partial charge in [0.1, 0.15) is 6.10 Å². The van der Waals surface area contributed by atoms with Gasteiger partial charge in [0.15, 0.2) is 0 Å². The minimum Gasteiger partial charge on any atom is -0.481 e. The second-order valence-electron chi connectivity index (χ2n) is 8.74. The van der Waals surface area contributed by atoms with E-state index in [1.54, 1.807) is 0 Å². The third-order valence-corrected chi connectivity index (χ3v) is 5.83. The van der Waals surface area contributed by atoms with Crippen LogP contribution < -0.4 is 0 Å². The van der Waals surface area contributed by atoms with Crippen molar-refractivity contribution in [2.24, 2.45) is 0 Å². The summed E-state index contributed by atoms with van der Waals surface area (Å²) in [6.07, 6.45) is 5.36. The number of carbonyl (C=O) groups is 3. The van der Waals surface area contributed by atoms with E-state index in [1.165, 1.54) is 16.7 Å². The molecule has 3 N–H and O–H groups in total. The molecule has 1 atom stereocenters. The Labute approximate surface area is 211 Å². The third-order valence-electron chi connectivity index (χ3n) is 5.83. The van der Waals surface area contributed by atoms with Crippen LogP contribution in [0.3, 0.4) is 0 Å². The van der Waals surface area contributed by atoms with E-state index in [2.05, 4.69) is 60.4 Å². The van der Waals surface area contributed by atoms with E-state index in [4.69, 9.17) is 20.1 Å². The van der Waals surface area contributed by atoms with Crippen LogP contribution in [0, 0.1) is 6.92 Å². The summed E-state index contributed by atoms with van der Waals surface area (Å²) < 4.78 is 6.60. The van der Waals surface area contributed by atoms with Gasteiger partial charge >= 0.3 is 17.9 Å². The molecular formula is C28H35NO7. The maximum atomic E-state index is 10.6. The summed E-state index contributed by atoms with van der Waals surface area (Å²) in [5.41, 5.74) is 3.65. The van der Waals surface area contributed by atoms with Crippen LogP contribution in [-0.2, 0) is 19.1 Å². The fraction of sp³-hybridized carbons (Fsp3) is 0.393. The molecule has 194 valence electrons. The molecule has 2 aromatic carbocycles. The van der Waals surface area contributed by atoms with Crippen LogP contribution in [0.25, 0.3) is 0 Å². The standard InChI is InChI=1S/C24H31NO3.C4H4O4/c1-19-10-12-21(13-11-19)24(20-7-3-2-4-8-20)28-22-14-17-25(18-15-22)16-6-5-9-23(26)27;5-3(6)1-2-4(7)8/h2-4,7-8,10-13,22,24H,5-6,9,14-18H2,1H3,(H,26,27);1-2H,(H,5,6)(H,7,8)/b;2-1+. The van der Waals surface area contributed by atoms with E-state index in [1.807, 2.05) is 6.07 Å². The number of unbranched alkanes of at least 4 members (excludes halogenated alkanes) is 1. The number of hydrogen-bond donors (Lipinski definition) is 3. The normalized spacial score (nSPS) is 15.1. The lowest BCUT2D eigenvalue weighted by Gasteiger charge is -2.34. The lowest BCUT2D eigenvalue weighted by Crippen LogP contribution is -2.38. The number of piperidine rings is 1. The molecule has 0 aromatic heterocycles. The van der Waals surface area contributed by atoms with Crippen molar-refractivity contribution in [2.75, 3.05) is 19.6 Å². The van der Waals surface area contributed by atoms with Gasteiger partial charge < -0.3 is 25.0 Å². The maximum Gasteiger partial charge on any atom is 0.328 e. The summed E-state index contributed by atoms with van der Waals surface area (Å²) in [5.74, 6) is -3.21. The molecule has 1 aliphatic heterocycles. The number of nitrogens with zero attached hydrogens (tertiary/aromatic N) is 1. The lowest BCUT2D eigenvalue weighted by atomic mass is 9.99. The van der Waals surface area contributed by atoms with Crippen molar-refractivity contribution < 1.29 is 34.4 Å². The fourth-order valence-electron chi connectivity index (χ4n) is 3.93. The van der Waals surface area contributed by atoms with Crippen molar-refractivity contribution in [2.45, 2.75) is 51.2 Å². The number of aryl methyl sites for hydroxylation is 1. The SMILES string of the molecule is Cc1ccc(C(OC2CCN(CCCCC(=O)O)CC2)c2ccccc2)cc1.O=C(O)/C=C/C(=O)O. The molecule has 1 heterocycles. The highest BCUT2D eigenvalue weighted by atomic mass is 16.5. The first-order valence-corrected chi connectivity index (χ1v) is 12.1. The Morgan fingerprint density at radius 3 is 1.97 bits per heavy atom. The zero-order chi connectivity index (χ0) is 26.3. The average Bonchev–Trinajstić information content (AvgIpc) is 2.86. The Bertz CT molecular complexity index is 965. The second kappa shape index (κ2) is 15.5. The predicted octanol–water partition coefficient (Wildman–Crippen LogP) is 4.53. The maximum absolute atomic E-state index is 10.6. The van der Waals surface area contributed by atoms with E-state index in [-0.39, 0.29) is 18.6 Å². The molecule has 0 amide bonds. The monoisotopic (exact) mass is 497 g/mol. The molecule has 0 radical (unpaired) electrons. The minimum atomic E-state index is -1.26. The van der Waals surface area contributed by atoms with E-state index < -0.39 is 17.9 Å². The molecule has 1 aliphatic rings. The first-order chi connectivity index (χ1) is 17.2. The van der Waals surface area contributed by atoms with Crippen LogP contribution in [0.1, 0.15) is 54.9 Å². The first-order valence-electron chi connectivity index (χ1n) is 12.1. The van der Waals surface area contributed by atoms with Gasteiger partial charge in [0.25, 0.3) is 0 Å². The van der Waals surface area contributed by atoms with E-state index >= 15 is 0 Å². The highest BCUT2D eigenvalue weighted by molar-refractivity contribution is 5.89. The van der Waals surface area contributed by atoms with Gasteiger partial charge in [0, 0.05) is 31.7 Å². The van der Waals surface area contributed by atoms with Gasteiger partial charge in [0.2, 0.25) is 0 Å². The highest BCUT2D eigenvalue weighted by Crippen LogP contribution is 2.30. The zero-order valence-electron chi connectivity index (χ0n) is 20.6. The number of rotatable bonds is 11.